The largest absolute Gasteiger partial charge is 0.495 e. The van der Waals surface area contributed by atoms with Crippen molar-refractivity contribution in [3.05, 3.63) is 106 Å². The standard InChI is InChI=1S/C30H24F2N4O3/c1-4-20-17-21(7-14-26(20)39-3)28(37)34-25-18-33-36-16-15-35(29(38)27(25)36)24-12-10-23(11-13-24)30(31,32)22-8-5-19(2)6-9-22/h1,5-14,17-18H,15-16H2,2-3H3,(H,34,37). The molecule has 0 saturated carbocycles. The Bertz CT molecular complexity index is 1600. The zero-order chi connectivity index (χ0) is 27.7. The maximum atomic E-state index is 15.1. The van der Waals surface area contributed by atoms with E-state index in [1.54, 1.807) is 24.3 Å². The van der Waals surface area contributed by atoms with Gasteiger partial charge in [-0.1, -0.05) is 47.9 Å². The van der Waals surface area contributed by atoms with E-state index in [4.69, 9.17) is 11.2 Å². The molecule has 4 aromatic rings. The third-order valence-electron chi connectivity index (χ3n) is 6.64. The van der Waals surface area contributed by atoms with E-state index >= 15 is 8.78 Å². The summed E-state index contributed by atoms with van der Waals surface area (Å²) in [5, 5.41) is 6.96. The molecular formula is C30H24F2N4O3. The number of aromatic nitrogens is 2. The van der Waals surface area contributed by atoms with Crippen molar-refractivity contribution in [3.63, 3.8) is 0 Å². The van der Waals surface area contributed by atoms with Crippen LogP contribution in [0.4, 0.5) is 20.2 Å². The smallest absolute Gasteiger partial charge is 0.298 e. The zero-order valence-electron chi connectivity index (χ0n) is 21.2. The Hall–Kier alpha value is -4.97. The van der Waals surface area contributed by atoms with Crippen molar-refractivity contribution in [2.24, 2.45) is 0 Å². The van der Waals surface area contributed by atoms with Crippen molar-refractivity contribution in [3.8, 4) is 18.1 Å². The number of alkyl halides is 2. The number of fused-ring (bicyclic) bond motifs is 1. The fraction of sp³-hybridized carbons (Fsp3) is 0.167. The molecule has 0 aliphatic carbocycles. The van der Waals surface area contributed by atoms with Gasteiger partial charge in [0, 0.05) is 28.9 Å². The van der Waals surface area contributed by atoms with E-state index in [0.717, 1.165) is 5.56 Å². The highest BCUT2D eigenvalue weighted by Gasteiger charge is 2.35. The first-order valence-electron chi connectivity index (χ1n) is 12.1. The molecule has 2 amide bonds. The van der Waals surface area contributed by atoms with Crippen LogP contribution in [0.2, 0.25) is 0 Å². The number of hydrogen-bond donors (Lipinski definition) is 1. The number of carbonyl (C=O) groups excluding carboxylic acids is 2. The maximum Gasteiger partial charge on any atom is 0.298 e. The van der Waals surface area contributed by atoms with E-state index in [9.17, 15) is 9.59 Å². The maximum absolute atomic E-state index is 15.1. The molecule has 7 nitrogen and oxygen atoms in total. The molecular weight excluding hydrogens is 502 g/mol. The van der Waals surface area contributed by atoms with Crippen LogP contribution in [0.3, 0.4) is 0 Å². The number of anilines is 2. The van der Waals surface area contributed by atoms with Gasteiger partial charge in [-0.05, 0) is 37.3 Å². The summed E-state index contributed by atoms with van der Waals surface area (Å²) in [5.74, 6) is -1.13. The molecule has 0 bridgehead atoms. The summed E-state index contributed by atoms with van der Waals surface area (Å²) in [5.41, 5.74) is 2.19. The topological polar surface area (TPSA) is 76.5 Å². The SMILES string of the molecule is C#Cc1cc(C(=O)Nc2cnn3c2C(=O)N(c2ccc(C(F)(F)c4ccc(C)cc4)cc2)CC3)ccc1OC. The Kier molecular flexibility index (Phi) is 6.62. The van der Waals surface area contributed by atoms with Crippen molar-refractivity contribution >= 4 is 23.2 Å². The van der Waals surface area contributed by atoms with Crippen LogP contribution >= 0.6 is 0 Å². The highest BCUT2D eigenvalue weighted by atomic mass is 19.3. The minimum Gasteiger partial charge on any atom is -0.495 e. The van der Waals surface area contributed by atoms with Crippen LogP contribution in [0.5, 0.6) is 5.75 Å². The molecule has 0 radical (unpaired) electrons. The third kappa shape index (κ3) is 4.73. The van der Waals surface area contributed by atoms with Crippen LogP contribution in [0.1, 0.15) is 43.1 Å². The number of nitrogens with zero attached hydrogens (tertiary/aromatic N) is 3. The van der Waals surface area contributed by atoms with Gasteiger partial charge in [-0.25, -0.2) is 0 Å². The van der Waals surface area contributed by atoms with Crippen molar-refractivity contribution in [2.45, 2.75) is 19.4 Å². The Morgan fingerprint density at radius 1 is 1.05 bits per heavy atom. The Morgan fingerprint density at radius 2 is 1.72 bits per heavy atom. The fourth-order valence-electron chi connectivity index (χ4n) is 4.48. The number of amides is 2. The number of methoxy groups -OCH3 is 1. The molecule has 196 valence electrons. The van der Waals surface area contributed by atoms with Crippen LogP contribution in [0, 0.1) is 19.3 Å². The molecule has 0 saturated heterocycles. The molecule has 1 aliphatic heterocycles. The van der Waals surface area contributed by atoms with Gasteiger partial charge in [0.1, 0.15) is 11.4 Å². The highest BCUT2D eigenvalue weighted by molar-refractivity contribution is 6.13. The van der Waals surface area contributed by atoms with Gasteiger partial charge in [-0.15, -0.1) is 6.42 Å². The number of aryl methyl sites for hydroxylation is 1. The molecule has 39 heavy (non-hydrogen) atoms. The Morgan fingerprint density at radius 3 is 2.36 bits per heavy atom. The molecule has 2 heterocycles. The molecule has 5 rings (SSSR count). The minimum atomic E-state index is -3.19. The number of terminal acetylenes is 1. The highest BCUT2D eigenvalue weighted by Crippen LogP contribution is 2.37. The van der Waals surface area contributed by atoms with Crippen LogP contribution < -0.4 is 15.0 Å². The molecule has 0 fully saturated rings. The van der Waals surface area contributed by atoms with Gasteiger partial charge in [0.15, 0.2) is 0 Å². The second-order valence-corrected chi connectivity index (χ2v) is 9.09. The first kappa shape index (κ1) is 25.7. The van der Waals surface area contributed by atoms with Gasteiger partial charge in [0.25, 0.3) is 17.7 Å². The molecule has 0 atom stereocenters. The number of hydrogen-bond acceptors (Lipinski definition) is 4. The number of ether oxygens (including phenoxy) is 1. The molecule has 9 heteroatoms. The summed E-state index contributed by atoms with van der Waals surface area (Å²) in [6.45, 7) is 2.49. The molecule has 1 aliphatic rings. The van der Waals surface area contributed by atoms with Crippen molar-refractivity contribution < 1.29 is 23.1 Å². The normalized spacial score (nSPS) is 13.0. The first-order valence-corrected chi connectivity index (χ1v) is 12.1. The zero-order valence-corrected chi connectivity index (χ0v) is 21.2. The predicted octanol–water partition coefficient (Wildman–Crippen LogP) is 5.23. The molecule has 1 aromatic heterocycles. The third-order valence-corrected chi connectivity index (χ3v) is 6.64. The second-order valence-electron chi connectivity index (χ2n) is 9.09. The van der Waals surface area contributed by atoms with Gasteiger partial charge in [-0.2, -0.15) is 13.9 Å². The molecule has 3 aromatic carbocycles. The summed E-state index contributed by atoms with van der Waals surface area (Å²) in [7, 11) is 1.48. The predicted molar refractivity (Wildman–Crippen MR) is 143 cm³/mol. The Balaban J connectivity index is 1.37. The lowest BCUT2D eigenvalue weighted by Crippen LogP contribution is -2.41. The average Bonchev–Trinajstić information content (AvgIpc) is 3.36. The first-order chi connectivity index (χ1) is 18.7. The molecule has 1 N–H and O–H groups in total. The van der Waals surface area contributed by atoms with Crippen molar-refractivity contribution in [2.75, 3.05) is 23.9 Å². The minimum absolute atomic E-state index is 0.106. The number of nitrogens with one attached hydrogen (secondary N) is 1. The van der Waals surface area contributed by atoms with Gasteiger partial charge in [-0.3, -0.25) is 14.3 Å². The average molecular weight is 527 g/mol. The van der Waals surface area contributed by atoms with E-state index in [0.29, 0.717) is 30.1 Å². The summed E-state index contributed by atoms with van der Waals surface area (Å²) in [4.78, 5) is 27.9. The fourth-order valence-corrected chi connectivity index (χ4v) is 4.48. The van der Waals surface area contributed by atoms with Crippen LogP contribution in [-0.2, 0) is 12.5 Å². The lowest BCUT2D eigenvalue weighted by atomic mass is 9.99. The number of carbonyl (C=O) groups is 2. The Labute approximate surface area is 224 Å². The molecule has 0 spiro atoms. The van der Waals surface area contributed by atoms with Crippen molar-refractivity contribution in [1.29, 1.82) is 0 Å². The van der Waals surface area contributed by atoms with E-state index in [1.165, 1.54) is 65.4 Å². The van der Waals surface area contributed by atoms with Gasteiger partial charge in [0.2, 0.25) is 0 Å². The number of benzene rings is 3. The van der Waals surface area contributed by atoms with E-state index in [2.05, 4.69) is 16.3 Å². The van der Waals surface area contributed by atoms with Crippen LogP contribution in [-0.4, -0.2) is 35.2 Å². The van der Waals surface area contributed by atoms with Crippen molar-refractivity contribution in [1.82, 2.24) is 9.78 Å². The quantitative estimate of drug-likeness (QED) is 0.349. The summed E-state index contributed by atoms with van der Waals surface area (Å²) >= 11 is 0. The number of rotatable bonds is 6. The second kappa shape index (κ2) is 10.1. The summed E-state index contributed by atoms with van der Waals surface area (Å²) < 4.78 is 36.9. The lowest BCUT2D eigenvalue weighted by Gasteiger charge is -2.28. The lowest BCUT2D eigenvalue weighted by molar-refractivity contribution is 0.0428. The van der Waals surface area contributed by atoms with E-state index < -0.39 is 17.7 Å². The summed E-state index contributed by atoms with van der Waals surface area (Å²) in [6, 6.07) is 16.4. The van der Waals surface area contributed by atoms with Crippen LogP contribution in [0.15, 0.2) is 72.9 Å². The van der Waals surface area contributed by atoms with Gasteiger partial charge >= 0.3 is 0 Å². The van der Waals surface area contributed by atoms with Gasteiger partial charge < -0.3 is 15.0 Å². The monoisotopic (exact) mass is 526 g/mol. The van der Waals surface area contributed by atoms with E-state index in [-0.39, 0.29) is 28.1 Å². The van der Waals surface area contributed by atoms with Crippen LogP contribution in [0.25, 0.3) is 0 Å². The molecule has 0 unspecified atom stereocenters. The van der Waals surface area contributed by atoms with E-state index in [1.807, 2.05) is 6.92 Å². The summed E-state index contributed by atoms with van der Waals surface area (Å²) in [6.07, 6.45) is 6.92. The van der Waals surface area contributed by atoms with Gasteiger partial charge in [0.05, 0.1) is 31.1 Å². The number of halogens is 2.